The van der Waals surface area contributed by atoms with Crippen molar-refractivity contribution in [3.05, 3.63) is 29.0 Å². The summed E-state index contributed by atoms with van der Waals surface area (Å²) in [7, 11) is 0. The molecule has 15 heavy (non-hydrogen) atoms. The number of halogens is 2. The molecule has 1 nitrogen and oxygen atoms in total. The molecule has 0 aromatic heterocycles. The van der Waals surface area contributed by atoms with Crippen LogP contribution in [-0.4, -0.2) is 6.04 Å². The molecule has 84 valence electrons. The van der Waals surface area contributed by atoms with Gasteiger partial charge in [0.05, 0.1) is 5.02 Å². The van der Waals surface area contributed by atoms with Crippen LogP contribution in [0, 0.1) is 11.7 Å². The highest BCUT2D eigenvalue weighted by Gasteiger charge is 2.11. The second-order valence-electron chi connectivity index (χ2n) is 4.03. The van der Waals surface area contributed by atoms with E-state index in [2.05, 4.69) is 26.1 Å². The standard InChI is InChI=1S/C12H17ClFN/c1-4-12(8(2)3)15-9-5-6-11(14)10(13)7-9/h5-8,12,15H,4H2,1-3H3. The van der Waals surface area contributed by atoms with E-state index in [-0.39, 0.29) is 10.8 Å². The summed E-state index contributed by atoms with van der Waals surface area (Å²) in [6.07, 6.45) is 1.03. The van der Waals surface area contributed by atoms with E-state index in [1.165, 1.54) is 6.07 Å². The first-order chi connectivity index (χ1) is 7.04. The van der Waals surface area contributed by atoms with Gasteiger partial charge in [0.15, 0.2) is 0 Å². The van der Waals surface area contributed by atoms with E-state index in [9.17, 15) is 4.39 Å². The van der Waals surface area contributed by atoms with Gasteiger partial charge in [-0.15, -0.1) is 0 Å². The van der Waals surface area contributed by atoms with Crippen LogP contribution < -0.4 is 5.32 Å². The molecule has 0 fully saturated rings. The van der Waals surface area contributed by atoms with Crippen molar-refractivity contribution in [2.45, 2.75) is 33.2 Å². The molecular formula is C12H17ClFN. The molecule has 1 N–H and O–H groups in total. The summed E-state index contributed by atoms with van der Waals surface area (Å²) in [4.78, 5) is 0. The van der Waals surface area contributed by atoms with Crippen molar-refractivity contribution in [2.75, 3.05) is 5.32 Å². The topological polar surface area (TPSA) is 12.0 Å². The normalized spacial score (nSPS) is 12.9. The summed E-state index contributed by atoms with van der Waals surface area (Å²) in [6, 6.07) is 5.12. The monoisotopic (exact) mass is 229 g/mol. The Hall–Kier alpha value is -0.760. The Balaban J connectivity index is 2.75. The third-order valence-electron chi connectivity index (χ3n) is 2.52. The molecule has 0 heterocycles. The minimum Gasteiger partial charge on any atom is -0.382 e. The smallest absolute Gasteiger partial charge is 0.141 e. The van der Waals surface area contributed by atoms with Gasteiger partial charge in [0.25, 0.3) is 0 Å². The third kappa shape index (κ3) is 3.38. The lowest BCUT2D eigenvalue weighted by atomic mass is 10.0. The van der Waals surface area contributed by atoms with Gasteiger partial charge in [-0.1, -0.05) is 32.4 Å². The largest absolute Gasteiger partial charge is 0.382 e. The predicted octanol–water partition coefficient (Wildman–Crippen LogP) is 4.33. The first-order valence-corrected chi connectivity index (χ1v) is 5.64. The van der Waals surface area contributed by atoms with Gasteiger partial charge in [0, 0.05) is 11.7 Å². The van der Waals surface area contributed by atoms with Crippen LogP contribution in [0.25, 0.3) is 0 Å². The van der Waals surface area contributed by atoms with Crippen LogP contribution in [0.5, 0.6) is 0 Å². The lowest BCUT2D eigenvalue weighted by Gasteiger charge is -2.22. The Morgan fingerprint density at radius 1 is 1.40 bits per heavy atom. The van der Waals surface area contributed by atoms with Crippen LogP contribution in [-0.2, 0) is 0 Å². The molecule has 0 amide bonds. The van der Waals surface area contributed by atoms with E-state index in [4.69, 9.17) is 11.6 Å². The minimum atomic E-state index is -0.375. The van der Waals surface area contributed by atoms with Crippen molar-refractivity contribution in [3.63, 3.8) is 0 Å². The summed E-state index contributed by atoms with van der Waals surface area (Å²) in [5.74, 6) is 0.165. The lowest BCUT2D eigenvalue weighted by Crippen LogP contribution is -2.24. The zero-order valence-electron chi connectivity index (χ0n) is 9.35. The van der Waals surface area contributed by atoms with Crippen LogP contribution >= 0.6 is 11.6 Å². The zero-order valence-corrected chi connectivity index (χ0v) is 10.1. The lowest BCUT2D eigenvalue weighted by molar-refractivity contribution is 0.511. The zero-order chi connectivity index (χ0) is 11.4. The van der Waals surface area contributed by atoms with E-state index in [0.717, 1.165) is 12.1 Å². The maximum Gasteiger partial charge on any atom is 0.141 e. The quantitative estimate of drug-likeness (QED) is 0.811. The van der Waals surface area contributed by atoms with Gasteiger partial charge in [0.1, 0.15) is 5.82 Å². The van der Waals surface area contributed by atoms with Crippen LogP contribution in [0.15, 0.2) is 18.2 Å². The Morgan fingerprint density at radius 3 is 2.53 bits per heavy atom. The van der Waals surface area contributed by atoms with Crippen molar-refractivity contribution in [2.24, 2.45) is 5.92 Å². The Kier molecular flexibility index (Phi) is 4.40. The summed E-state index contributed by atoms with van der Waals surface area (Å²) in [5.41, 5.74) is 0.877. The van der Waals surface area contributed by atoms with E-state index in [1.54, 1.807) is 12.1 Å². The molecule has 1 rings (SSSR count). The molecule has 0 aliphatic rings. The third-order valence-corrected chi connectivity index (χ3v) is 2.81. The number of hydrogen-bond donors (Lipinski definition) is 1. The van der Waals surface area contributed by atoms with Crippen molar-refractivity contribution in [1.82, 2.24) is 0 Å². The second-order valence-corrected chi connectivity index (χ2v) is 4.44. The summed E-state index contributed by atoms with van der Waals surface area (Å²) in [6.45, 7) is 6.45. The van der Waals surface area contributed by atoms with Crippen LogP contribution in [0.4, 0.5) is 10.1 Å². The van der Waals surface area contributed by atoms with E-state index in [1.807, 2.05) is 0 Å². The van der Waals surface area contributed by atoms with Gasteiger partial charge in [-0.2, -0.15) is 0 Å². The molecule has 3 heteroatoms. The second kappa shape index (κ2) is 5.36. The maximum absolute atomic E-state index is 12.9. The molecule has 1 aromatic carbocycles. The van der Waals surface area contributed by atoms with E-state index in [0.29, 0.717) is 12.0 Å². The van der Waals surface area contributed by atoms with Gasteiger partial charge in [-0.05, 0) is 30.5 Å². The molecular weight excluding hydrogens is 213 g/mol. The molecule has 0 aliphatic carbocycles. The van der Waals surface area contributed by atoms with Crippen LogP contribution in [0.3, 0.4) is 0 Å². The predicted molar refractivity (Wildman–Crippen MR) is 63.9 cm³/mol. The number of nitrogens with one attached hydrogen (secondary N) is 1. The summed E-state index contributed by atoms with van der Waals surface area (Å²) >= 11 is 5.71. The molecule has 0 saturated heterocycles. The van der Waals surface area contributed by atoms with Crippen molar-refractivity contribution >= 4 is 17.3 Å². The Morgan fingerprint density at radius 2 is 2.07 bits per heavy atom. The van der Waals surface area contributed by atoms with Gasteiger partial charge in [-0.3, -0.25) is 0 Å². The fourth-order valence-corrected chi connectivity index (χ4v) is 1.72. The highest BCUT2D eigenvalue weighted by molar-refractivity contribution is 6.31. The molecule has 0 bridgehead atoms. The van der Waals surface area contributed by atoms with E-state index < -0.39 is 0 Å². The van der Waals surface area contributed by atoms with Gasteiger partial charge < -0.3 is 5.32 Å². The maximum atomic E-state index is 12.9. The fraction of sp³-hybridized carbons (Fsp3) is 0.500. The SMILES string of the molecule is CCC(Nc1ccc(F)c(Cl)c1)C(C)C. The number of benzene rings is 1. The number of rotatable bonds is 4. The number of anilines is 1. The molecule has 0 radical (unpaired) electrons. The molecule has 1 unspecified atom stereocenters. The van der Waals surface area contributed by atoms with Crippen LogP contribution in [0.2, 0.25) is 5.02 Å². The summed E-state index contributed by atoms with van der Waals surface area (Å²) in [5, 5.41) is 3.51. The van der Waals surface area contributed by atoms with Crippen molar-refractivity contribution in [1.29, 1.82) is 0 Å². The summed E-state index contributed by atoms with van der Waals surface area (Å²) < 4.78 is 12.9. The van der Waals surface area contributed by atoms with Crippen LogP contribution in [0.1, 0.15) is 27.2 Å². The Labute approximate surface area is 95.6 Å². The molecule has 0 spiro atoms. The molecule has 1 atom stereocenters. The fourth-order valence-electron chi connectivity index (χ4n) is 1.54. The molecule has 1 aromatic rings. The van der Waals surface area contributed by atoms with Crippen molar-refractivity contribution in [3.8, 4) is 0 Å². The minimum absolute atomic E-state index is 0.165. The van der Waals surface area contributed by atoms with Gasteiger partial charge in [-0.25, -0.2) is 4.39 Å². The molecule has 0 aliphatic heterocycles. The average molecular weight is 230 g/mol. The Bertz CT molecular complexity index is 325. The van der Waals surface area contributed by atoms with Crippen molar-refractivity contribution < 1.29 is 4.39 Å². The first-order valence-electron chi connectivity index (χ1n) is 5.26. The highest BCUT2D eigenvalue weighted by atomic mass is 35.5. The first kappa shape index (κ1) is 12.3. The molecule has 0 saturated carbocycles. The average Bonchev–Trinajstić information content (AvgIpc) is 2.19. The number of hydrogen-bond acceptors (Lipinski definition) is 1. The van der Waals surface area contributed by atoms with Gasteiger partial charge in [0.2, 0.25) is 0 Å². The van der Waals surface area contributed by atoms with Gasteiger partial charge >= 0.3 is 0 Å². The van der Waals surface area contributed by atoms with E-state index >= 15 is 0 Å². The highest BCUT2D eigenvalue weighted by Crippen LogP contribution is 2.21.